The summed E-state index contributed by atoms with van der Waals surface area (Å²) < 4.78 is 20.6. The van der Waals surface area contributed by atoms with Gasteiger partial charge in [-0.2, -0.15) is 0 Å². The second-order valence-electron chi connectivity index (χ2n) is 6.00. The highest BCUT2D eigenvalue weighted by atomic mass is 19.1. The molecule has 2 heterocycles. The molecule has 0 spiro atoms. The fraction of sp³-hybridized carbons (Fsp3) is 0.438. The van der Waals surface area contributed by atoms with Crippen LogP contribution in [0, 0.1) is 5.82 Å². The van der Waals surface area contributed by atoms with E-state index in [0.717, 1.165) is 0 Å². The van der Waals surface area contributed by atoms with Crippen LogP contribution in [0.3, 0.4) is 0 Å². The number of methoxy groups -OCH3 is 1. The molecule has 0 saturated carbocycles. The molecule has 24 heavy (non-hydrogen) atoms. The predicted octanol–water partition coefficient (Wildman–Crippen LogP) is 1.09. The molecule has 2 aromatic rings. The van der Waals surface area contributed by atoms with Gasteiger partial charge in [-0.25, -0.2) is 9.07 Å². The molecular formula is C16H19FN4O3. The molecular weight excluding hydrogens is 315 g/mol. The van der Waals surface area contributed by atoms with Crippen molar-refractivity contribution >= 4 is 5.91 Å². The lowest BCUT2D eigenvalue weighted by Gasteiger charge is -2.39. The summed E-state index contributed by atoms with van der Waals surface area (Å²) in [5.74, 6) is -0.720. The Balaban J connectivity index is 1.75. The molecule has 1 fully saturated rings. The average molecular weight is 334 g/mol. The lowest BCUT2D eigenvalue weighted by atomic mass is 9.92. The van der Waals surface area contributed by atoms with Crippen molar-refractivity contribution in [2.45, 2.75) is 25.0 Å². The molecule has 1 unspecified atom stereocenters. The second kappa shape index (κ2) is 6.56. The molecule has 1 N–H and O–H groups in total. The minimum absolute atomic E-state index is 0.0270. The molecule has 7 nitrogen and oxygen atoms in total. The summed E-state index contributed by atoms with van der Waals surface area (Å²) in [6.45, 7) is 0.836. The van der Waals surface area contributed by atoms with Gasteiger partial charge in [-0.3, -0.25) is 4.79 Å². The van der Waals surface area contributed by atoms with Gasteiger partial charge in [-0.1, -0.05) is 5.21 Å². The van der Waals surface area contributed by atoms with Gasteiger partial charge in [0.1, 0.15) is 17.2 Å². The molecule has 1 aliphatic rings. The zero-order chi connectivity index (χ0) is 17.2. The Morgan fingerprint density at radius 3 is 3.00 bits per heavy atom. The molecule has 0 aliphatic carbocycles. The van der Waals surface area contributed by atoms with Gasteiger partial charge in [-0.15, -0.1) is 5.10 Å². The Morgan fingerprint density at radius 2 is 2.33 bits per heavy atom. The highest BCUT2D eigenvalue weighted by molar-refractivity contribution is 5.94. The first-order valence-corrected chi connectivity index (χ1v) is 7.70. The summed E-state index contributed by atoms with van der Waals surface area (Å²) in [6.07, 6.45) is 4.36. The minimum Gasteiger partial charge on any atom is -0.497 e. The van der Waals surface area contributed by atoms with Gasteiger partial charge >= 0.3 is 0 Å². The van der Waals surface area contributed by atoms with Crippen molar-refractivity contribution in [3.63, 3.8) is 0 Å². The number of nitrogens with zero attached hydrogens (tertiary/aromatic N) is 4. The number of hydrogen-bond acceptors (Lipinski definition) is 5. The molecule has 1 aliphatic heterocycles. The van der Waals surface area contributed by atoms with Crippen molar-refractivity contribution in [1.82, 2.24) is 19.9 Å². The number of halogens is 1. The van der Waals surface area contributed by atoms with E-state index in [2.05, 4.69) is 10.3 Å². The smallest absolute Gasteiger partial charge is 0.256 e. The van der Waals surface area contributed by atoms with Gasteiger partial charge in [0.15, 0.2) is 0 Å². The number of ether oxygens (including phenoxy) is 1. The number of aromatic nitrogens is 3. The number of carbonyl (C=O) groups excluding carboxylic acids is 1. The SMILES string of the molecule is COc1ccc(C(=O)N2CCCC(O)(Cn3ccnn3)C2)c(F)c1. The quantitative estimate of drug-likeness (QED) is 0.905. The Hall–Kier alpha value is -2.48. The minimum atomic E-state index is -1.11. The van der Waals surface area contributed by atoms with Crippen LogP contribution in [-0.2, 0) is 6.54 Å². The maximum Gasteiger partial charge on any atom is 0.256 e. The zero-order valence-corrected chi connectivity index (χ0v) is 13.4. The Morgan fingerprint density at radius 1 is 1.50 bits per heavy atom. The average Bonchev–Trinajstić information content (AvgIpc) is 3.06. The van der Waals surface area contributed by atoms with E-state index in [1.54, 1.807) is 12.3 Å². The maximum absolute atomic E-state index is 14.1. The van der Waals surface area contributed by atoms with Crippen LogP contribution in [0.2, 0.25) is 0 Å². The van der Waals surface area contributed by atoms with Gasteiger partial charge in [0.25, 0.3) is 5.91 Å². The first kappa shape index (κ1) is 16.4. The summed E-state index contributed by atoms with van der Waals surface area (Å²) in [5.41, 5.74) is -1.13. The number of benzene rings is 1. The zero-order valence-electron chi connectivity index (χ0n) is 13.4. The first-order valence-electron chi connectivity index (χ1n) is 7.70. The molecule has 1 saturated heterocycles. The molecule has 8 heteroatoms. The number of likely N-dealkylation sites (tertiary alicyclic amines) is 1. The standard InChI is InChI=1S/C16H19FN4O3/c1-24-12-3-4-13(14(17)9-12)15(22)20-7-2-5-16(23,10-20)11-21-8-6-18-19-21/h3-4,6,8-9,23H,2,5,7,10-11H2,1H3. The van der Waals surface area contributed by atoms with Crippen LogP contribution in [0.1, 0.15) is 23.2 Å². The van der Waals surface area contributed by atoms with E-state index < -0.39 is 17.3 Å². The number of amides is 1. The number of carbonyl (C=O) groups is 1. The lowest BCUT2D eigenvalue weighted by molar-refractivity contribution is -0.0388. The molecule has 0 radical (unpaired) electrons. The van der Waals surface area contributed by atoms with Gasteiger partial charge in [-0.05, 0) is 25.0 Å². The molecule has 1 atom stereocenters. The third kappa shape index (κ3) is 3.38. The van der Waals surface area contributed by atoms with Crippen LogP contribution in [0.4, 0.5) is 4.39 Å². The van der Waals surface area contributed by atoms with Crippen LogP contribution in [0.5, 0.6) is 5.75 Å². The number of aliphatic hydroxyl groups is 1. The van der Waals surface area contributed by atoms with E-state index in [1.165, 1.54) is 35.0 Å². The van der Waals surface area contributed by atoms with E-state index in [-0.39, 0.29) is 18.7 Å². The highest BCUT2D eigenvalue weighted by Gasteiger charge is 2.36. The van der Waals surface area contributed by atoms with E-state index in [4.69, 9.17) is 4.74 Å². The van der Waals surface area contributed by atoms with Gasteiger partial charge in [0.2, 0.25) is 0 Å². The van der Waals surface area contributed by atoms with Crippen LogP contribution in [0.25, 0.3) is 0 Å². The van der Waals surface area contributed by atoms with E-state index >= 15 is 0 Å². The van der Waals surface area contributed by atoms with Crippen molar-refractivity contribution in [3.05, 3.63) is 42.0 Å². The van der Waals surface area contributed by atoms with Crippen molar-refractivity contribution in [1.29, 1.82) is 0 Å². The van der Waals surface area contributed by atoms with Gasteiger partial charge < -0.3 is 14.7 Å². The van der Waals surface area contributed by atoms with E-state index in [9.17, 15) is 14.3 Å². The number of rotatable bonds is 4. The maximum atomic E-state index is 14.1. The fourth-order valence-electron chi connectivity index (χ4n) is 3.00. The van der Waals surface area contributed by atoms with E-state index in [1.807, 2.05) is 0 Å². The topological polar surface area (TPSA) is 80.5 Å². The largest absolute Gasteiger partial charge is 0.497 e. The number of hydrogen-bond donors (Lipinski definition) is 1. The summed E-state index contributed by atoms with van der Waals surface area (Å²) >= 11 is 0. The fourth-order valence-corrected chi connectivity index (χ4v) is 3.00. The van der Waals surface area contributed by atoms with Crippen molar-refractivity contribution in [2.75, 3.05) is 20.2 Å². The Bertz CT molecular complexity index is 722. The normalized spacial score (nSPS) is 20.9. The van der Waals surface area contributed by atoms with E-state index in [0.29, 0.717) is 25.1 Å². The molecule has 3 rings (SSSR count). The molecule has 1 aromatic heterocycles. The third-order valence-electron chi connectivity index (χ3n) is 4.18. The summed E-state index contributed by atoms with van der Waals surface area (Å²) in [5, 5.41) is 18.3. The molecule has 128 valence electrons. The second-order valence-corrected chi connectivity index (χ2v) is 6.00. The molecule has 1 aromatic carbocycles. The predicted molar refractivity (Wildman–Crippen MR) is 83.1 cm³/mol. The summed E-state index contributed by atoms with van der Waals surface area (Å²) in [4.78, 5) is 14.1. The van der Waals surface area contributed by atoms with Gasteiger partial charge in [0, 0.05) is 18.8 Å². The van der Waals surface area contributed by atoms with Crippen LogP contribution >= 0.6 is 0 Å². The Labute approximate surface area is 138 Å². The summed E-state index contributed by atoms with van der Waals surface area (Å²) in [7, 11) is 1.44. The van der Waals surface area contributed by atoms with Crippen molar-refractivity contribution in [2.24, 2.45) is 0 Å². The summed E-state index contributed by atoms with van der Waals surface area (Å²) in [6, 6.07) is 4.13. The third-order valence-corrected chi connectivity index (χ3v) is 4.18. The van der Waals surface area contributed by atoms with Crippen LogP contribution in [-0.4, -0.2) is 56.7 Å². The van der Waals surface area contributed by atoms with Crippen LogP contribution < -0.4 is 4.74 Å². The van der Waals surface area contributed by atoms with Crippen LogP contribution in [0.15, 0.2) is 30.6 Å². The van der Waals surface area contributed by atoms with Crippen molar-refractivity contribution < 1.29 is 19.0 Å². The molecule has 1 amide bonds. The Kier molecular flexibility index (Phi) is 4.48. The number of β-amino-alcohol motifs (C(OH)–C–C–N with tert-alkyl or cyclic N) is 1. The first-order chi connectivity index (χ1) is 11.5. The molecule has 0 bridgehead atoms. The number of piperidine rings is 1. The lowest BCUT2D eigenvalue weighted by Crippen LogP contribution is -2.52. The monoisotopic (exact) mass is 334 g/mol. The van der Waals surface area contributed by atoms with Gasteiger partial charge in [0.05, 0.1) is 32.0 Å². The highest BCUT2D eigenvalue weighted by Crippen LogP contribution is 2.25. The van der Waals surface area contributed by atoms with Crippen molar-refractivity contribution in [3.8, 4) is 5.75 Å².